The lowest BCUT2D eigenvalue weighted by Crippen LogP contribution is -2.37. The maximum atomic E-state index is 13.9. The zero-order valence-corrected chi connectivity index (χ0v) is 16.5. The molecule has 0 spiro atoms. The van der Waals surface area contributed by atoms with Gasteiger partial charge in [-0.05, 0) is 30.3 Å². The number of ether oxygens (including phenoxy) is 1. The van der Waals surface area contributed by atoms with Crippen molar-refractivity contribution in [2.24, 2.45) is 0 Å². The Morgan fingerprint density at radius 3 is 1.86 bits per heavy atom. The van der Waals surface area contributed by atoms with Gasteiger partial charge in [0.15, 0.2) is 0 Å². The number of benzene rings is 3. The van der Waals surface area contributed by atoms with Crippen LogP contribution in [0.15, 0.2) is 84.9 Å². The van der Waals surface area contributed by atoms with Gasteiger partial charge in [-0.15, -0.1) is 0 Å². The van der Waals surface area contributed by atoms with Gasteiger partial charge in [0.05, 0.1) is 20.3 Å². The Kier molecular flexibility index (Phi) is 6.32. The molecule has 3 rings (SSSR count). The van der Waals surface area contributed by atoms with Crippen molar-refractivity contribution in [1.82, 2.24) is 0 Å². The van der Waals surface area contributed by atoms with E-state index in [2.05, 4.69) is 0 Å². The first-order valence-electron chi connectivity index (χ1n) is 8.86. The summed E-state index contributed by atoms with van der Waals surface area (Å²) in [5.74, 6) is 0.414. The van der Waals surface area contributed by atoms with Crippen molar-refractivity contribution in [3.63, 3.8) is 0 Å². The predicted molar refractivity (Wildman–Crippen MR) is 110 cm³/mol. The number of hydrogen-bond donors (Lipinski definition) is 2. The molecule has 6 heteroatoms. The zero-order valence-electron chi connectivity index (χ0n) is 15.6. The second kappa shape index (κ2) is 8.72. The molecule has 146 valence electrons. The molecule has 0 aromatic heterocycles. The molecule has 0 saturated heterocycles. The summed E-state index contributed by atoms with van der Waals surface area (Å²) in [5.41, 5.74) is -1.40. The van der Waals surface area contributed by atoms with E-state index < -0.39 is 19.6 Å². The summed E-state index contributed by atoms with van der Waals surface area (Å²) in [6, 6.07) is 24.5. The quantitative estimate of drug-likeness (QED) is 0.571. The van der Waals surface area contributed by atoms with Gasteiger partial charge in [-0.3, -0.25) is 4.57 Å². The van der Waals surface area contributed by atoms with E-state index in [1.165, 1.54) is 7.11 Å². The van der Waals surface area contributed by atoms with E-state index in [0.717, 1.165) is 0 Å². The van der Waals surface area contributed by atoms with Gasteiger partial charge in [-0.25, -0.2) is 0 Å². The van der Waals surface area contributed by atoms with Gasteiger partial charge in [0.2, 0.25) is 0 Å². The van der Waals surface area contributed by atoms with Gasteiger partial charge in [-0.2, -0.15) is 0 Å². The number of rotatable bonds is 8. The fourth-order valence-corrected chi connectivity index (χ4v) is 5.10. The molecule has 3 aromatic carbocycles. The van der Waals surface area contributed by atoms with Crippen LogP contribution in [-0.2, 0) is 14.7 Å². The maximum absolute atomic E-state index is 13.9. The van der Waals surface area contributed by atoms with Crippen LogP contribution in [0.1, 0.15) is 5.56 Å². The smallest absolute Gasteiger partial charge is 0.261 e. The standard InChI is InChI=1S/C22H23O5P/c1-26-21-15-9-8-14-20(21)22(24,16-23)17-27-28(25,18-10-4-2-5-11-18)19-12-6-3-7-13-19/h2-15,23-24H,16-17H2,1H3. The summed E-state index contributed by atoms with van der Waals surface area (Å²) in [7, 11) is -2.01. The second-order valence-electron chi connectivity index (χ2n) is 6.39. The number of aliphatic hydroxyl groups excluding tert-OH is 1. The highest BCUT2D eigenvalue weighted by Gasteiger charge is 2.37. The highest BCUT2D eigenvalue weighted by Crippen LogP contribution is 2.46. The lowest BCUT2D eigenvalue weighted by molar-refractivity contribution is -0.0524. The summed E-state index contributed by atoms with van der Waals surface area (Å²) >= 11 is 0. The van der Waals surface area contributed by atoms with Gasteiger partial charge >= 0.3 is 0 Å². The molecule has 0 heterocycles. The van der Waals surface area contributed by atoms with E-state index in [-0.39, 0.29) is 6.61 Å². The summed E-state index contributed by atoms with van der Waals surface area (Å²) in [6.45, 7) is -0.984. The topological polar surface area (TPSA) is 76.0 Å². The number of methoxy groups -OCH3 is 1. The lowest BCUT2D eigenvalue weighted by Gasteiger charge is -2.30. The molecule has 3 aromatic rings. The van der Waals surface area contributed by atoms with Crippen LogP contribution in [0, 0.1) is 0 Å². The summed E-state index contributed by atoms with van der Waals surface area (Å²) in [6.07, 6.45) is 0. The van der Waals surface area contributed by atoms with Gasteiger partial charge in [0, 0.05) is 16.2 Å². The molecule has 0 aliphatic rings. The van der Waals surface area contributed by atoms with Crippen molar-refractivity contribution in [3.05, 3.63) is 90.5 Å². The Hall–Kier alpha value is -2.43. The third-order valence-electron chi connectivity index (χ3n) is 4.55. The summed E-state index contributed by atoms with van der Waals surface area (Å²) in [4.78, 5) is 0. The third-order valence-corrected chi connectivity index (χ3v) is 7.00. The average molecular weight is 398 g/mol. The Labute approximate surface area is 164 Å². The Balaban J connectivity index is 1.99. The van der Waals surface area contributed by atoms with Crippen LogP contribution in [0.5, 0.6) is 5.75 Å². The molecule has 28 heavy (non-hydrogen) atoms. The van der Waals surface area contributed by atoms with Crippen molar-refractivity contribution in [3.8, 4) is 5.75 Å². The molecule has 5 nitrogen and oxygen atoms in total. The SMILES string of the molecule is COc1ccccc1C(O)(CO)COP(=O)(c1ccccc1)c1ccccc1. The van der Waals surface area contributed by atoms with Crippen LogP contribution >= 0.6 is 7.37 Å². The van der Waals surface area contributed by atoms with Crippen LogP contribution in [-0.4, -0.2) is 30.5 Å². The van der Waals surface area contributed by atoms with Crippen LogP contribution in [0.3, 0.4) is 0 Å². The third kappa shape index (κ3) is 4.03. The molecule has 0 radical (unpaired) electrons. The van der Waals surface area contributed by atoms with Crippen LogP contribution in [0.4, 0.5) is 0 Å². The van der Waals surface area contributed by atoms with Crippen molar-refractivity contribution < 1.29 is 24.0 Å². The second-order valence-corrected chi connectivity index (χ2v) is 8.78. The van der Waals surface area contributed by atoms with Gasteiger partial charge in [-0.1, -0.05) is 54.6 Å². The monoisotopic (exact) mass is 398 g/mol. The van der Waals surface area contributed by atoms with E-state index in [0.29, 0.717) is 21.9 Å². The molecular weight excluding hydrogens is 375 g/mol. The van der Waals surface area contributed by atoms with Crippen molar-refractivity contribution >= 4 is 18.0 Å². The Morgan fingerprint density at radius 1 is 0.857 bits per heavy atom. The van der Waals surface area contributed by atoms with Gasteiger partial charge < -0.3 is 19.5 Å². The first-order chi connectivity index (χ1) is 13.5. The van der Waals surface area contributed by atoms with Crippen molar-refractivity contribution in [2.45, 2.75) is 5.60 Å². The van der Waals surface area contributed by atoms with Crippen LogP contribution in [0.2, 0.25) is 0 Å². The summed E-state index contributed by atoms with van der Waals surface area (Å²) < 4.78 is 25.1. The minimum absolute atomic E-state index is 0.368. The number of hydrogen-bond acceptors (Lipinski definition) is 5. The van der Waals surface area contributed by atoms with Crippen molar-refractivity contribution in [2.75, 3.05) is 20.3 Å². The maximum Gasteiger partial charge on any atom is 0.261 e. The van der Waals surface area contributed by atoms with E-state index in [4.69, 9.17) is 9.26 Å². The fourth-order valence-electron chi connectivity index (χ4n) is 2.98. The van der Waals surface area contributed by atoms with Crippen molar-refractivity contribution in [1.29, 1.82) is 0 Å². The molecule has 0 aliphatic carbocycles. The molecule has 0 aliphatic heterocycles. The number of aliphatic hydroxyl groups is 2. The van der Waals surface area contributed by atoms with Crippen LogP contribution in [0.25, 0.3) is 0 Å². The van der Waals surface area contributed by atoms with E-state index in [1.807, 2.05) is 12.1 Å². The minimum atomic E-state index is -3.49. The zero-order chi connectivity index (χ0) is 20.0. The van der Waals surface area contributed by atoms with E-state index in [9.17, 15) is 14.8 Å². The van der Waals surface area contributed by atoms with E-state index in [1.54, 1.807) is 72.8 Å². The average Bonchev–Trinajstić information content (AvgIpc) is 2.78. The van der Waals surface area contributed by atoms with E-state index >= 15 is 0 Å². The molecule has 2 N–H and O–H groups in total. The first-order valence-corrected chi connectivity index (χ1v) is 10.5. The molecule has 1 unspecified atom stereocenters. The molecule has 0 amide bonds. The first kappa shape index (κ1) is 20.3. The fraction of sp³-hybridized carbons (Fsp3) is 0.182. The van der Waals surface area contributed by atoms with Crippen LogP contribution < -0.4 is 15.3 Å². The summed E-state index contributed by atoms with van der Waals surface area (Å²) in [5, 5.41) is 22.0. The highest BCUT2D eigenvalue weighted by molar-refractivity contribution is 7.74. The lowest BCUT2D eigenvalue weighted by atomic mass is 9.95. The predicted octanol–water partition coefficient (Wildman–Crippen LogP) is 2.82. The van der Waals surface area contributed by atoms with Gasteiger partial charge in [0.25, 0.3) is 7.37 Å². The normalized spacial score (nSPS) is 13.7. The Bertz CT molecular complexity index is 902. The van der Waals surface area contributed by atoms with Gasteiger partial charge in [0.1, 0.15) is 11.4 Å². The molecule has 1 atom stereocenters. The largest absolute Gasteiger partial charge is 0.496 e. The minimum Gasteiger partial charge on any atom is -0.496 e. The molecule has 0 bridgehead atoms. The molecular formula is C22H23O5P. The molecule has 0 saturated carbocycles. The highest BCUT2D eigenvalue weighted by atomic mass is 31.2. The molecule has 0 fully saturated rings. The number of para-hydroxylation sites is 1. The Morgan fingerprint density at radius 2 is 1.36 bits per heavy atom.